The first-order chi connectivity index (χ1) is 15.7. The zero-order chi connectivity index (χ0) is 23.9. The fraction of sp³-hybridized carbons (Fsp3) is 0.231. The number of hydrogen-bond acceptors (Lipinski definition) is 5. The lowest BCUT2D eigenvalue weighted by molar-refractivity contribution is -0.132. The van der Waals surface area contributed by atoms with Gasteiger partial charge in [0, 0.05) is 21.2 Å². The van der Waals surface area contributed by atoms with E-state index in [9.17, 15) is 14.7 Å². The summed E-state index contributed by atoms with van der Waals surface area (Å²) in [6.45, 7) is 5.90. The first kappa shape index (κ1) is 23.1. The molecule has 1 fully saturated rings. The maximum absolute atomic E-state index is 13.3. The number of aliphatic hydroxyl groups is 1. The monoisotopic (exact) mass is 481 g/mol. The molecule has 3 aromatic rings. The van der Waals surface area contributed by atoms with Crippen LogP contribution in [0.1, 0.15) is 47.4 Å². The number of aliphatic hydroxyl groups excluding tert-OH is 1. The average molecular weight is 482 g/mol. The highest BCUT2D eigenvalue weighted by atomic mass is 35.5. The summed E-state index contributed by atoms with van der Waals surface area (Å²) in [4.78, 5) is 28.7. The van der Waals surface area contributed by atoms with Gasteiger partial charge < -0.3 is 9.84 Å². The van der Waals surface area contributed by atoms with Gasteiger partial charge >= 0.3 is 0 Å². The Morgan fingerprint density at radius 3 is 2.52 bits per heavy atom. The predicted octanol–water partition coefficient (Wildman–Crippen LogP) is 6.47. The van der Waals surface area contributed by atoms with Gasteiger partial charge in [-0.1, -0.05) is 37.6 Å². The number of benzene rings is 2. The zero-order valence-electron chi connectivity index (χ0n) is 18.8. The van der Waals surface area contributed by atoms with Gasteiger partial charge in [-0.2, -0.15) is 0 Å². The van der Waals surface area contributed by atoms with E-state index in [1.54, 1.807) is 31.4 Å². The summed E-state index contributed by atoms with van der Waals surface area (Å²) >= 11 is 7.59. The van der Waals surface area contributed by atoms with Crippen molar-refractivity contribution < 1.29 is 19.4 Å². The number of hydrogen-bond donors (Lipinski definition) is 1. The molecule has 0 spiro atoms. The molecular weight excluding hydrogens is 458 g/mol. The van der Waals surface area contributed by atoms with Gasteiger partial charge in [0.1, 0.15) is 17.6 Å². The lowest BCUT2D eigenvalue weighted by Crippen LogP contribution is -2.29. The average Bonchev–Trinajstić information content (AvgIpc) is 3.40. The molecule has 2 aromatic carbocycles. The van der Waals surface area contributed by atoms with E-state index in [1.807, 2.05) is 50.4 Å². The number of ketones is 1. The molecule has 170 valence electrons. The lowest BCUT2D eigenvalue weighted by Gasteiger charge is -2.24. The Morgan fingerprint density at radius 1 is 1.15 bits per heavy atom. The van der Waals surface area contributed by atoms with Crippen molar-refractivity contribution in [2.75, 3.05) is 12.0 Å². The van der Waals surface area contributed by atoms with E-state index < -0.39 is 17.7 Å². The van der Waals surface area contributed by atoms with Crippen LogP contribution in [0.3, 0.4) is 0 Å². The Labute approximate surface area is 201 Å². The van der Waals surface area contributed by atoms with Gasteiger partial charge in [0.15, 0.2) is 0 Å². The number of carbonyl (C=O) groups is 2. The van der Waals surface area contributed by atoms with Crippen LogP contribution in [0.25, 0.3) is 5.76 Å². The predicted molar refractivity (Wildman–Crippen MR) is 132 cm³/mol. The second-order valence-electron chi connectivity index (χ2n) is 8.23. The summed E-state index contributed by atoms with van der Waals surface area (Å²) in [5.41, 5.74) is 2.71. The number of anilines is 1. The van der Waals surface area contributed by atoms with E-state index in [0.29, 0.717) is 22.0 Å². The number of Topliss-reactive ketones (excluding diaryl/α,β-unsaturated/α-hetero) is 1. The van der Waals surface area contributed by atoms with Crippen LogP contribution in [0.4, 0.5) is 5.69 Å². The molecule has 0 aliphatic carbocycles. The molecule has 1 amide bonds. The Kier molecular flexibility index (Phi) is 6.32. The number of rotatable bonds is 5. The topological polar surface area (TPSA) is 66.8 Å². The zero-order valence-corrected chi connectivity index (χ0v) is 20.3. The molecule has 0 bridgehead atoms. The summed E-state index contributed by atoms with van der Waals surface area (Å²) < 4.78 is 5.51. The number of thiophene rings is 1. The molecular formula is C26H24ClNO4S. The first-order valence-corrected chi connectivity index (χ1v) is 11.8. The van der Waals surface area contributed by atoms with Gasteiger partial charge in [-0.3, -0.25) is 14.5 Å². The second-order valence-corrected chi connectivity index (χ2v) is 9.64. The van der Waals surface area contributed by atoms with E-state index in [4.69, 9.17) is 16.3 Å². The minimum atomic E-state index is -0.757. The fourth-order valence-electron chi connectivity index (χ4n) is 4.17. The van der Waals surface area contributed by atoms with Gasteiger partial charge in [0.25, 0.3) is 11.7 Å². The molecule has 1 atom stereocenters. The molecule has 4 rings (SSSR count). The Bertz CT molecular complexity index is 1260. The number of aryl methyl sites for hydroxylation is 1. The number of methoxy groups -OCH3 is 1. The minimum Gasteiger partial charge on any atom is -0.507 e. The highest BCUT2D eigenvalue weighted by Gasteiger charge is 2.47. The Morgan fingerprint density at radius 2 is 1.91 bits per heavy atom. The number of carbonyl (C=O) groups excluding carboxylic acids is 2. The largest absolute Gasteiger partial charge is 0.507 e. The second kappa shape index (κ2) is 9.04. The maximum atomic E-state index is 13.3. The van der Waals surface area contributed by atoms with Crippen LogP contribution in [-0.2, 0) is 9.59 Å². The van der Waals surface area contributed by atoms with Gasteiger partial charge in [0.2, 0.25) is 0 Å². The van der Waals surface area contributed by atoms with Gasteiger partial charge in [-0.25, -0.2) is 0 Å². The summed E-state index contributed by atoms with van der Waals surface area (Å²) in [7, 11) is 1.60. The molecule has 1 aliphatic rings. The molecule has 2 heterocycles. The molecule has 33 heavy (non-hydrogen) atoms. The smallest absolute Gasteiger partial charge is 0.300 e. The molecule has 0 saturated carbocycles. The van der Waals surface area contributed by atoms with E-state index in [2.05, 4.69) is 0 Å². The molecule has 7 heteroatoms. The van der Waals surface area contributed by atoms with Gasteiger partial charge in [-0.05, 0) is 65.7 Å². The van der Waals surface area contributed by atoms with Crippen molar-refractivity contribution in [2.24, 2.45) is 0 Å². The third-order valence-corrected chi connectivity index (χ3v) is 6.96. The summed E-state index contributed by atoms with van der Waals surface area (Å²) in [5.74, 6) is -0.778. The van der Waals surface area contributed by atoms with Crippen molar-refractivity contribution in [3.8, 4) is 5.75 Å². The highest BCUT2D eigenvalue weighted by molar-refractivity contribution is 7.10. The van der Waals surface area contributed by atoms with Crippen molar-refractivity contribution in [3.63, 3.8) is 0 Å². The third-order valence-electron chi connectivity index (χ3n) is 5.80. The first-order valence-electron chi connectivity index (χ1n) is 10.5. The van der Waals surface area contributed by atoms with Crippen molar-refractivity contribution >= 4 is 46.1 Å². The quantitative estimate of drug-likeness (QED) is 0.257. The van der Waals surface area contributed by atoms with E-state index in [0.717, 1.165) is 16.0 Å². The standard InChI is InChI=1S/C26H24ClNO4S/c1-14(2)18-13-19(15(3)11-20(18)32-4)24(29)22-23(21-9-6-10-33-21)28(26(31)25(22)30)17-8-5-7-16(27)12-17/h5-14,23,29H,1-4H3/b24-22+. The van der Waals surface area contributed by atoms with Crippen molar-refractivity contribution in [3.05, 3.63) is 86.1 Å². The Balaban J connectivity index is 1.96. The molecule has 1 unspecified atom stereocenters. The number of nitrogens with zero attached hydrogens (tertiary/aromatic N) is 1. The van der Waals surface area contributed by atoms with E-state index >= 15 is 0 Å². The third kappa shape index (κ3) is 4.05. The molecule has 0 radical (unpaired) electrons. The molecule has 1 aliphatic heterocycles. The molecule has 5 nitrogen and oxygen atoms in total. The number of ether oxygens (including phenoxy) is 1. The van der Waals surface area contributed by atoms with E-state index in [-0.39, 0.29) is 17.3 Å². The summed E-state index contributed by atoms with van der Waals surface area (Å²) in [6, 6.07) is 13.4. The maximum Gasteiger partial charge on any atom is 0.300 e. The number of halogens is 1. The fourth-order valence-corrected chi connectivity index (χ4v) is 5.18. The van der Waals surface area contributed by atoms with Crippen LogP contribution in [0.15, 0.2) is 59.5 Å². The Hall–Kier alpha value is -3.09. The van der Waals surface area contributed by atoms with Crippen LogP contribution in [0, 0.1) is 6.92 Å². The molecule has 1 N–H and O–H groups in total. The van der Waals surface area contributed by atoms with Crippen LogP contribution in [-0.4, -0.2) is 23.9 Å². The van der Waals surface area contributed by atoms with E-state index in [1.165, 1.54) is 16.2 Å². The van der Waals surface area contributed by atoms with Crippen molar-refractivity contribution in [2.45, 2.75) is 32.7 Å². The van der Waals surface area contributed by atoms with Crippen molar-refractivity contribution in [1.29, 1.82) is 0 Å². The molecule has 1 saturated heterocycles. The highest BCUT2D eigenvalue weighted by Crippen LogP contribution is 2.45. The van der Waals surface area contributed by atoms with Crippen molar-refractivity contribution in [1.82, 2.24) is 0 Å². The normalized spacial score (nSPS) is 17.8. The van der Waals surface area contributed by atoms with Gasteiger partial charge in [-0.15, -0.1) is 11.3 Å². The number of amides is 1. The SMILES string of the molecule is COc1cc(C)c(/C(O)=C2\C(=O)C(=O)N(c3cccc(Cl)c3)C2c2cccs2)cc1C(C)C. The van der Waals surface area contributed by atoms with Gasteiger partial charge in [0.05, 0.1) is 12.7 Å². The van der Waals surface area contributed by atoms with Crippen LogP contribution in [0.2, 0.25) is 5.02 Å². The lowest BCUT2D eigenvalue weighted by atomic mass is 9.92. The minimum absolute atomic E-state index is 0.0606. The van der Waals surface area contributed by atoms with Crippen LogP contribution < -0.4 is 9.64 Å². The summed E-state index contributed by atoms with van der Waals surface area (Å²) in [6.07, 6.45) is 0. The molecule has 1 aromatic heterocycles. The van der Waals surface area contributed by atoms with Crippen LogP contribution >= 0.6 is 22.9 Å². The van der Waals surface area contributed by atoms with Crippen LogP contribution in [0.5, 0.6) is 5.75 Å². The summed E-state index contributed by atoms with van der Waals surface area (Å²) in [5, 5.41) is 13.8.